The van der Waals surface area contributed by atoms with E-state index in [4.69, 9.17) is 21.2 Å². The number of benzene rings is 1. The summed E-state index contributed by atoms with van der Waals surface area (Å²) in [6, 6.07) is 7.07. The van der Waals surface area contributed by atoms with Crippen molar-refractivity contribution in [3.63, 3.8) is 0 Å². The number of hydrogen-bond acceptors (Lipinski definition) is 4. The molecule has 0 aliphatic rings. The Morgan fingerprint density at radius 1 is 1.35 bits per heavy atom. The van der Waals surface area contributed by atoms with Gasteiger partial charge in [0, 0.05) is 0 Å². The second-order valence-electron chi connectivity index (χ2n) is 3.95. The number of nitrogens with two attached hydrogens (primary N) is 1. The van der Waals surface area contributed by atoms with Crippen LogP contribution in [-0.2, 0) is 16.6 Å². The average molecular weight is 315 g/mol. The molecule has 0 bridgehead atoms. The first-order valence-corrected chi connectivity index (χ1v) is 7.43. The van der Waals surface area contributed by atoms with Gasteiger partial charge in [-0.25, -0.2) is 13.6 Å². The molecule has 0 spiro atoms. The predicted octanol–water partition coefficient (Wildman–Crippen LogP) is 1.51. The summed E-state index contributed by atoms with van der Waals surface area (Å²) < 4.78 is 27.6. The van der Waals surface area contributed by atoms with Gasteiger partial charge in [-0.3, -0.25) is 4.79 Å². The second kappa shape index (κ2) is 5.66. The number of carbonyl (C=O) groups is 1. The first kappa shape index (κ1) is 14.6. The largest absolute Gasteiger partial charge is 0.467 e. The van der Waals surface area contributed by atoms with Gasteiger partial charge in [-0.2, -0.15) is 0 Å². The summed E-state index contributed by atoms with van der Waals surface area (Å²) >= 11 is 5.88. The number of nitrogens with one attached hydrogen (secondary N) is 1. The normalized spacial score (nSPS) is 11.3. The van der Waals surface area contributed by atoms with Gasteiger partial charge in [-0.05, 0) is 30.3 Å². The molecule has 2 aromatic rings. The first-order valence-electron chi connectivity index (χ1n) is 5.51. The van der Waals surface area contributed by atoms with Gasteiger partial charge >= 0.3 is 0 Å². The van der Waals surface area contributed by atoms with Crippen molar-refractivity contribution in [3.05, 3.63) is 52.9 Å². The molecule has 0 unspecified atom stereocenters. The van der Waals surface area contributed by atoms with Crippen LogP contribution >= 0.6 is 11.6 Å². The lowest BCUT2D eigenvalue weighted by atomic mass is 10.2. The molecule has 1 heterocycles. The van der Waals surface area contributed by atoms with Gasteiger partial charge in [-0.1, -0.05) is 11.6 Å². The molecule has 0 aliphatic carbocycles. The van der Waals surface area contributed by atoms with Crippen molar-refractivity contribution < 1.29 is 17.6 Å². The van der Waals surface area contributed by atoms with Crippen LogP contribution < -0.4 is 10.5 Å². The maximum absolute atomic E-state index is 12.0. The molecule has 2 rings (SSSR count). The topological polar surface area (TPSA) is 102 Å². The highest BCUT2D eigenvalue weighted by molar-refractivity contribution is 7.89. The molecular formula is C12H11ClN2O4S. The Bertz CT molecular complexity index is 726. The number of sulfonamides is 1. The van der Waals surface area contributed by atoms with Gasteiger partial charge in [0.15, 0.2) is 0 Å². The number of primary sulfonamides is 1. The third-order valence-corrected chi connectivity index (χ3v) is 3.75. The van der Waals surface area contributed by atoms with Crippen LogP contribution in [0.4, 0.5) is 0 Å². The molecule has 20 heavy (non-hydrogen) atoms. The molecule has 1 aromatic heterocycles. The van der Waals surface area contributed by atoms with Gasteiger partial charge in [-0.15, -0.1) is 0 Å². The zero-order valence-corrected chi connectivity index (χ0v) is 11.7. The fourth-order valence-electron chi connectivity index (χ4n) is 1.53. The summed E-state index contributed by atoms with van der Waals surface area (Å²) in [4.78, 5) is 11.8. The van der Waals surface area contributed by atoms with Gasteiger partial charge in [0.25, 0.3) is 5.91 Å². The smallest absolute Gasteiger partial charge is 0.253 e. The third kappa shape index (κ3) is 3.38. The van der Waals surface area contributed by atoms with Crippen molar-refractivity contribution in [1.82, 2.24) is 5.32 Å². The fourth-order valence-corrected chi connectivity index (χ4v) is 2.27. The molecule has 0 aliphatic heterocycles. The lowest BCUT2D eigenvalue weighted by molar-refractivity contribution is 0.0948. The minimum atomic E-state index is -3.89. The predicted molar refractivity (Wildman–Crippen MR) is 72.7 cm³/mol. The van der Waals surface area contributed by atoms with E-state index in [9.17, 15) is 13.2 Å². The Morgan fingerprint density at radius 3 is 2.70 bits per heavy atom. The summed E-state index contributed by atoms with van der Waals surface area (Å²) in [7, 11) is -3.89. The number of furan rings is 1. The summed E-state index contributed by atoms with van der Waals surface area (Å²) in [5.41, 5.74) is 0.0322. The van der Waals surface area contributed by atoms with Crippen LogP contribution in [0.5, 0.6) is 0 Å². The van der Waals surface area contributed by atoms with E-state index in [2.05, 4.69) is 5.32 Å². The maximum Gasteiger partial charge on any atom is 0.253 e. The van der Waals surface area contributed by atoms with E-state index >= 15 is 0 Å². The number of carbonyl (C=O) groups excluding carboxylic acids is 1. The van der Waals surface area contributed by atoms with E-state index in [1.54, 1.807) is 12.1 Å². The van der Waals surface area contributed by atoms with Crippen LogP contribution in [0.2, 0.25) is 5.02 Å². The molecule has 1 amide bonds. The summed E-state index contributed by atoms with van der Waals surface area (Å²) in [6.45, 7) is 0.168. The molecule has 0 radical (unpaired) electrons. The lowest BCUT2D eigenvalue weighted by Gasteiger charge is -2.07. The van der Waals surface area contributed by atoms with E-state index in [1.165, 1.54) is 18.4 Å². The van der Waals surface area contributed by atoms with E-state index in [0.29, 0.717) is 5.76 Å². The van der Waals surface area contributed by atoms with Crippen molar-refractivity contribution >= 4 is 27.5 Å². The van der Waals surface area contributed by atoms with Crippen molar-refractivity contribution in [2.75, 3.05) is 0 Å². The highest BCUT2D eigenvalue weighted by Gasteiger charge is 2.15. The Morgan fingerprint density at radius 2 is 2.10 bits per heavy atom. The highest BCUT2D eigenvalue weighted by atomic mass is 35.5. The van der Waals surface area contributed by atoms with E-state index in [1.807, 2.05) is 0 Å². The number of amides is 1. The zero-order chi connectivity index (χ0) is 14.8. The zero-order valence-electron chi connectivity index (χ0n) is 10.2. The molecule has 3 N–H and O–H groups in total. The van der Waals surface area contributed by atoms with E-state index in [-0.39, 0.29) is 22.0 Å². The average Bonchev–Trinajstić information content (AvgIpc) is 2.88. The van der Waals surface area contributed by atoms with E-state index in [0.717, 1.165) is 6.07 Å². The quantitative estimate of drug-likeness (QED) is 0.892. The first-order chi connectivity index (χ1) is 9.38. The van der Waals surface area contributed by atoms with Crippen LogP contribution in [-0.4, -0.2) is 14.3 Å². The monoisotopic (exact) mass is 314 g/mol. The van der Waals surface area contributed by atoms with Crippen molar-refractivity contribution in [1.29, 1.82) is 0 Å². The molecule has 1 aromatic carbocycles. The van der Waals surface area contributed by atoms with Crippen molar-refractivity contribution in [2.24, 2.45) is 5.14 Å². The molecule has 0 fully saturated rings. The number of rotatable bonds is 4. The van der Waals surface area contributed by atoms with Crippen LogP contribution in [0, 0.1) is 0 Å². The van der Waals surface area contributed by atoms with Gasteiger partial charge in [0.2, 0.25) is 10.0 Å². The van der Waals surface area contributed by atoms with E-state index < -0.39 is 15.9 Å². The number of halogens is 1. The number of hydrogen-bond donors (Lipinski definition) is 2. The van der Waals surface area contributed by atoms with Gasteiger partial charge in [0.05, 0.1) is 28.3 Å². The fraction of sp³-hybridized carbons (Fsp3) is 0.0833. The van der Waals surface area contributed by atoms with Crippen LogP contribution in [0.1, 0.15) is 16.1 Å². The van der Waals surface area contributed by atoms with Gasteiger partial charge in [0.1, 0.15) is 5.76 Å². The van der Waals surface area contributed by atoms with Crippen LogP contribution in [0.15, 0.2) is 45.9 Å². The molecule has 6 nitrogen and oxygen atoms in total. The maximum atomic E-state index is 12.0. The minimum absolute atomic E-state index is 0.0322. The highest BCUT2D eigenvalue weighted by Crippen LogP contribution is 2.20. The van der Waals surface area contributed by atoms with Crippen molar-refractivity contribution in [3.8, 4) is 0 Å². The lowest BCUT2D eigenvalue weighted by Crippen LogP contribution is -2.23. The van der Waals surface area contributed by atoms with Crippen molar-refractivity contribution in [2.45, 2.75) is 11.4 Å². The molecule has 8 heteroatoms. The summed E-state index contributed by atoms with van der Waals surface area (Å²) in [5, 5.41) is 7.71. The molecule has 0 saturated carbocycles. The Hall–Kier alpha value is -1.83. The SMILES string of the molecule is NS(=O)(=O)c1ccc(Cl)c(C(=O)NCc2ccco2)c1. The minimum Gasteiger partial charge on any atom is -0.467 e. The Balaban J connectivity index is 2.21. The molecule has 0 atom stereocenters. The summed E-state index contributed by atoms with van der Waals surface area (Å²) in [6.07, 6.45) is 1.48. The van der Waals surface area contributed by atoms with Crippen LogP contribution in [0.25, 0.3) is 0 Å². The summed E-state index contributed by atoms with van der Waals surface area (Å²) in [5.74, 6) is 0.0500. The Labute approximate surface area is 120 Å². The third-order valence-electron chi connectivity index (χ3n) is 2.51. The second-order valence-corrected chi connectivity index (χ2v) is 5.92. The van der Waals surface area contributed by atoms with Gasteiger partial charge < -0.3 is 9.73 Å². The Kier molecular flexibility index (Phi) is 4.12. The standard InChI is InChI=1S/C12H11ClN2O4S/c13-11-4-3-9(20(14,17)18)6-10(11)12(16)15-7-8-2-1-5-19-8/h1-6H,7H2,(H,15,16)(H2,14,17,18). The molecule has 106 valence electrons. The molecule has 0 saturated heterocycles. The molecular weight excluding hydrogens is 304 g/mol. The van der Waals surface area contributed by atoms with Crippen LogP contribution in [0.3, 0.4) is 0 Å².